The summed E-state index contributed by atoms with van der Waals surface area (Å²) in [5, 5.41) is 31.7. The number of ether oxygens (including phenoxy) is 1. The minimum atomic E-state index is -1.54. The van der Waals surface area contributed by atoms with Gasteiger partial charge in [0.05, 0.1) is 12.7 Å². The van der Waals surface area contributed by atoms with Gasteiger partial charge in [-0.1, -0.05) is 33.3 Å². The summed E-state index contributed by atoms with van der Waals surface area (Å²) in [5.74, 6) is 0.0699. The van der Waals surface area contributed by atoms with Gasteiger partial charge >= 0.3 is 5.97 Å². The maximum absolute atomic E-state index is 12.4. The van der Waals surface area contributed by atoms with Crippen molar-refractivity contribution in [2.45, 2.75) is 104 Å². The summed E-state index contributed by atoms with van der Waals surface area (Å²) in [7, 11) is 0. The van der Waals surface area contributed by atoms with E-state index in [9.17, 15) is 29.7 Å². The number of carbonyl (C=O) groups is 3. The molecule has 3 N–H and O–H groups in total. The zero-order valence-corrected chi connectivity index (χ0v) is 21.8. The Balaban J connectivity index is 0.000000327. The van der Waals surface area contributed by atoms with Crippen LogP contribution in [0, 0.1) is 28.6 Å². The number of ketones is 2. The highest BCUT2D eigenvalue weighted by molar-refractivity contribution is 5.91. The van der Waals surface area contributed by atoms with Crippen LogP contribution in [0.3, 0.4) is 0 Å². The normalized spacial score (nSPS) is 39.9. The third-order valence-electron chi connectivity index (χ3n) is 9.57. The van der Waals surface area contributed by atoms with Gasteiger partial charge in [-0.15, -0.1) is 0 Å². The minimum Gasteiger partial charge on any atom is -0.466 e. The third-order valence-corrected chi connectivity index (χ3v) is 9.57. The van der Waals surface area contributed by atoms with E-state index in [1.165, 1.54) is 5.57 Å². The fourth-order valence-corrected chi connectivity index (χ4v) is 7.77. The van der Waals surface area contributed by atoms with Gasteiger partial charge in [0.15, 0.2) is 11.6 Å². The van der Waals surface area contributed by atoms with Gasteiger partial charge in [-0.3, -0.25) is 14.4 Å². The second-order valence-corrected chi connectivity index (χ2v) is 11.5. The molecule has 0 aliphatic heterocycles. The molecular weight excluding hydrogens is 448 g/mol. The summed E-state index contributed by atoms with van der Waals surface area (Å²) >= 11 is 0. The molecule has 0 saturated heterocycles. The summed E-state index contributed by atoms with van der Waals surface area (Å²) in [4.78, 5) is 34.8. The van der Waals surface area contributed by atoms with Crippen LogP contribution in [0.4, 0.5) is 0 Å². The van der Waals surface area contributed by atoms with E-state index in [1.54, 1.807) is 6.08 Å². The number of aliphatic hydroxyl groups excluding tert-OH is 2. The van der Waals surface area contributed by atoms with Gasteiger partial charge in [0.25, 0.3) is 0 Å². The van der Waals surface area contributed by atoms with Crippen molar-refractivity contribution in [1.82, 2.24) is 0 Å². The van der Waals surface area contributed by atoms with E-state index in [4.69, 9.17) is 4.74 Å². The van der Waals surface area contributed by atoms with Gasteiger partial charge in [-0.25, -0.2) is 0 Å². The number of carbonyl (C=O) groups excluding carboxylic acids is 3. The van der Waals surface area contributed by atoms with E-state index in [1.807, 2.05) is 20.8 Å². The number of hydrogen-bond acceptors (Lipinski definition) is 7. The van der Waals surface area contributed by atoms with Gasteiger partial charge in [0, 0.05) is 18.3 Å². The Kier molecular flexibility index (Phi) is 8.65. The molecule has 7 heteroatoms. The molecule has 4 rings (SSSR count). The van der Waals surface area contributed by atoms with Crippen LogP contribution in [-0.2, 0) is 19.1 Å². The number of rotatable bonds is 6. The third kappa shape index (κ3) is 4.88. The Morgan fingerprint density at radius 2 is 1.83 bits per heavy atom. The number of hydrogen-bond donors (Lipinski definition) is 3. The molecule has 0 amide bonds. The lowest BCUT2D eigenvalue weighted by Gasteiger charge is -2.60. The molecule has 4 aliphatic rings. The first-order chi connectivity index (χ1) is 16.5. The molecule has 0 spiro atoms. The summed E-state index contributed by atoms with van der Waals surface area (Å²) in [6, 6.07) is 0. The molecular formula is C28H44O7. The van der Waals surface area contributed by atoms with Gasteiger partial charge in [0.1, 0.15) is 12.2 Å². The second-order valence-electron chi connectivity index (χ2n) is 11.5. The Hall–Kier alpha value is -1.57. The van der Waals surface area contributed by atoms with Crippen LogP contribution in [0.15, 0.2) is 11.6 Å². The van der Waals surface area contributed by atoms with Crippen LogP contribution >= 0.6 is 0 Å². The topological polar surface area (TPSA) is 121 Å². The lowest BCUT2D eigenvalue weighted by molar-refractivity contribution is -0.182. The number of aliphatic hydroxyl groups is 3. The summed E-state index contributed by atoms with van der Waals surface area (Å²) in [6.07, 6.45) is 8.08. The number of allylic oxidation sites excluding steroid dienone is 1. The van der Waals surface area contributed by atoms with Crippen LogP contribution in [0.5, 0.6) is 0 Å². The van der Waals surface area contributed by atoms with E-state index in [2.05, 4.69) is 6.92 Å². The van der Waals surface area contributed by atoms with Gasteiger partial charge < -0.3 is 20.1 Å². The van der Waals surface area contributed by atoms with E-state index in [0.29, 0.717) is 32.3 Å². The van der Waals surface area contributed by atoms with Crippen LogP contribution in [-0.4, -0.2) is 57.8 Å². The summed E-state index contributed by atoms with van der Waals surface area (Å²) < 4.78 is 4.79. The lowest BCUT2D eigenvalue weighted by Crippen LogP contribution is -2.62. The molecule has 0 heterocycles. The molecule has 7 atom stereocenters. The van der Waals surface area contributed by atoms with Crippen LogP contribution < -0.4 is 0 Å². The zero-order chi connectivity index (χ0) is 26.0. The second kappa shape index (κ2) is 10.8. The van der Waals surface area contributed by atoms with Crippen molar-refractivity contribution in [3.63, 3.8) is 0 Å². The number of fused-ring (bicyclic) bond motifs is 5. The van der Waals surface area contributed by atoms with Crippen molar-refractivity contribution in [2.75, 3.05) is 13.2 Å². The van der Waals surface area contributed by atoms with E-state index in [0.717, 1.165) is 38.5 Å². The van der Waals surface area contributed by atoms with Gasteiger partial charge in [0.2, 0.25) is 0 Å². The maximum Gasteiger partial charge on any atom is 0.305 e. The first kappa shape index (κ1) is 28.0. The molecule has 0 unspecified atom stereocenters. The molecule has 3 fully saturated rings. The largest absolute Gasteiger partial charge is 0.466 e. The average Bonchev–Trinajstić information content (AvgIpc) is 3.09. The Labute approximate surface area is 209 Å². The monoisotopic (exact) mass is 492 g/mol. The van der Waals surface area contributed by atoms with Crippen molar-refractivity contribution in [2.24, 2.45) is 28.6 Å². The first-order valence-corrected chi connectivity index (χ1v) is 13.4. The maximum atomic E-state index is 12.4. The Bertz CT molecular complexity index is 850. The first-order valence-electron chi connectivity index (χ1n) is 13.4. The predicted octanol–water partition coefficient (Wildman–Crippen LogP) is 3.52. The molecule has 3 saturated carbocycles. The fraction of sp³-hybridized carbons (Fsp3) is 0.821. The fourth-order valence-electron chi connectivity index (χ4n) is 7.77. The van der Waals surface area contributed by atoms with E-state index in [-0.39, 0.29) is 34.9 Å². The average molecular weight is 493 g/mol. The smallest absolute Gasteiger partial charge is 0.305 e. The quantitative estimate of drug-likeness (QED) is 0.485. The predicted molar refractivity (Wildman–Crippen MR) is 131 cm³/mol. The zero-order valence-electron chi connectivity index (χ0n) is 21.8. The molecule has 7 nitrogen and oxygen atoms in total. The standard InChI is InChI=1S/C21H30O5.C7H14O2/c1-19-7-5-13(23)9-12(19)3-4-14-15-6-8-21(26,17(25)11-22)20(15,2)10-16(24)18(14)19;1-3-5-7(8)9-6-4-2/h9,14-16,18,22,24,26H,3-8,10-11H2,1-2H3;3-6H2,1-2H3/t14-,15-,16-,18+,19-,20-,21-;/m0./s1. The van der Waals surface area contributed by atoms with Crippen molar-refractivity contribution >= 4 is 17.5 Å². The molecule has 0 aromatic heterocycles. The Morgan fingerprint density at radius 1 is 1.11 bits per heavy atom. The van der Waals surface area contributed by atoms with E-state index < -0.39 is 29.5 Å². The van der Waals surface area contributed by atoms with E-state index >= 15 is 0 Å². The Morgan fingerprint density at radius 3 is 2.46 bits per heavy atom. The molecule has 0 aromatic rings. The van der Waals surface area contributed by atoms with Gasteiger partial charge in [-0.2, -0.15) is 0 Å². The van der Waals surface area contributed by atoms with Crippen LogP contribution in [0.2, 0.25) is 0 Å². The highest BCUT2D eigenvalue weighted by Gasteiger charge is 2.68. The van der Waals surface area contributed by atoms with Crippen molar-refractivity contribution in [1.29, 1.82) is 0 Å². The SMILES string of the molecule is CCCOC(=O)CCC.C[C@]12CCC(=O)C=C1CC[C@@H]1[C@@H]2[C@@H](O)C[C@@]2(C)[C@H]1CC[C@]2(O)C(=O)CO. The van der Waals surface area contributed by atoms with Crippen molar-refractivity contribution < 1.29 is 34.4 Å². The van der Waals surface area contributed by atoms with Crippen LogP contribution in [0.1, 0.15) is 91.9 Å². The summed E-state index contributed by atoms with van der Waals surface area (Å²) in [5.41, 5.74) is -1.23. The number of esters is 1. The van der Waals surface area contributed by atoms with Crippen molar-refractivity contribution in [3.05, 3.63) is 11.6 Å². The molecule has 0 bridgehead atoms. The van der Waals surface area contributed by atoms with Crippen molar-refractivity contribution in [3.8, 4) is 0 Å². The van der Waals surface area contributed by atoms with Gasteiger partial charge in [-0.05, 0) is 80.6 Å². The highest BCUT2D eigenvalue weighted by Crippen LogP contribution is 2.67. The number of Topliss-reactive ketones (excluding diaryl/α,β-unsaturated/α-hetero) is 1. The van der Waals surface area contributed by atoms with Crippen LogP contribution in [0.25, 0.3) is 0 Å². The highest BCUT2D eigenvalue weighted by atomic mass is 16.5. The molecule has 0 radical (unpaired) electrons. The molecule has 4 aliphatic carbocycles. The summed E-state index contributed by atoms with van der Waals surface area (Å²) in [6.45, 7) is 7.98. The minimum absolute atomic E-state index is 0.0697. The molecule has 35 heavy (non-hydrogen) atoms. The lowest BCUT2D eigenvalue weighted by atomic mass is 9.45. The molecule has 0 aromatic carbocycles. The molecule has 198 valence electrons.